The molecule has 0 aliphatic carbocycles. The molecular formula is C14H23O7P. The number of para-hydroxylation sites is 1. The SMILES string of the molecule is C=C(C)C(=O)OCCC.COc1ccccc1.O=P(O)(O)O. The highest BCUT2D eigenvalue weighted by Gasteiger charge is 2.00. The van der Waals surface area contributed by atoms with Gasteiger partial charge in [0.25, 0.3) is 0 Å². The van der Waals surface area contributed by atoms with E-state index in [4.69, 9.17) is 28.7 Å². The van der Waals surface area contributed by atoms with Gasteiger partial charge in [0.15, 0.2) is 0 Å². The van der Waals surface area contributed by atoms with Crippen molar-refractivity contribution in [2.24, 2.45) is 0 Å². The third-order valence-corrected chi connectivity index (χ3v) is 1.76. The van der Waals surface area contributed by atoms with Crippen LogP contribution < -0.4 is 4.74 Å². The molecule has 126 valence electrons. The first-order valence-electron chi connectivity index (χ1n) is 6.31. The van der Waals surface area contributed by atoms with Crippen LogP contribution in [0.4, 0.5) is 0 Å². The molecule has 1 aromatic rings. The molecule has 0 saturated heterocycles. The van der Waals surface area contributed by atoms with E-state index < -0.39 is 7.82 Å². The van der Waals surface area contributed by atoms with E-state index in [1.807, 2.05) is 37.3 Å². The fourth-order valence-electron chi connectivity index (χ4n) is 0.875. The summed E-state index contributed by atoms with van der Waals surface area (Å²) in [6.07, 6.45) is 0.860. The molecule has 0 aromatic heterocycles. The second-order valence-electron chi connectivity index (χ2n) is 3.95. The van der Waals surface area contributed by atoms with E-state index in [1.54, 1.807) is 14.0 Å². The van der Waals surface area contributed by atoms with Crippen LogP contribution in [0.5, 0.6) is 5.75 Å². The summed E-state index contributed by atoms with van der Waals surface area (Å²) < 4.78 is 18.5. The normalized spacial score (nSPS) is 9.36. The van der Waals surface area contributed by atoms with Crippen molar-refractivity contribution in [3.63, 3.8) is 0 Å². The topological polar surface area (TPSA) is 113 Å². The number of carbonyl (C=O) groups is 1. The van der Waals surface area contributed by atoms with Crippen LogP contribution in [0.1, 0.15) is 20.3 Å². The fraction of sp³-hybridized carbons (Fsp3) is 0.357. The number of hydrogen-bond donors (Lipinski definition) is 3. The summed E-state index contributed by atoms with van der Waals surface area (Å²) in [6, 6.07) is 9.68. The quantitative estimate of drug-likeness (QED) is 0.440. The predicted octanol–water partition coefficient (Wildman–Crippen LogP) is 2.28. The molecule has 0 spiro atoms. The van der Waals surface area contributed by atoms with Crippen LogP contribution in [0.25, 0.3) is 0 Å². The maximum Gasteiger partial charge on any atom is 0.466 e. The standard InChI is InChI=1S/C7H12O2.C7H8O.H3O4P/c1-4-5-9-7(8)6(2)3;1-8-7-5-3-2-4-6-7;1-5(2,3)4/h2,4-5H2,1,3H3;2-6H,1H3;(H3,1,2,3,4). The van der Waals surface area contributed by atoms with Crippen LogP contribution in [0.3, 0.4) is 0 Å². The average molecular weight is 334 g/mol. The van der Waals surface area contributed by atoms with Crippen molar-refractivity contribution in [3.8, 4) is 5.75 Å². The lowest BCUT2D eigenvalue weighted by molar-refractivity contribution is -0.138. The number of esters is 1. The molecule has 0 radical (unpaired) electrons. The van der Waals surface area contributed by atoms with Crippen LogP contribution in [0, 0.1) is 0 Å². The third kappa shape index (κ3) is 20.7. The zero-order valence-electron chi connectivity index (χ0n) is 12.9. The number of rotatable bonds is 4. The lowest BCUT2D eigenvalue weighted by atomic mass is 10.3. The van der Waals surface area contributed by atoms with Gasteiger partial charge in [-0.3, -0.25) is 0 Å². The molecule has 3 N–H and O–H groups in total. The first kappa shape index (κ1) is 22.6. The van der Waals surface area contributed by atoms with E-state index in [2.05, 4.69) is 6.58 Å². The molecule has 0 fully saturated rings. The second kappa shape index (κ2) is 13.0. The second-order valence-corrected chi connectivity index (χ2v) is 4.97. The highest BCUT2D eigenvalue weighted by atomic mass is 31.2. The van der Waals surface area contributed by atoms with Crippen LogP contribution in [-0.2, 0) is 14.1 Å². The maximum absolute atomic E-state index is 10.6. The largest absolute Gasteiger partial charge is 0.497 e. The van der Waals surface area contributed by atoms with Crippen LogP contribution in [0.15, 0.2) is 42.5 Å². The summed E-state index contributed by atoms with van der Waals surface area (Å²) in [5.41, 5.74) is 0.462. The Labute approximate surface area is 130 Å². The van der Waals surface area contributed by atoms with Gasteiger partial charge in [-0.15, -0.1) is 0 Å². The zero-order valence-corrected chi connectivity index (χ0v) is 13.8. The molecule has 0 atom stereocenters. The summed E-state index contributed by atoms with van der Waals surface area (Å²) in [6.45, 7) is 7.51. The zero-order chi connectivity index (χ0) is 17.6. The van der Waals surface area contributed by atoms with Gasteiger partial charge < -0.3 is 24.2 Å². The minimum absolute atomic E-state index is 0.295. The molecule has 0 heterocycles. The fourth-order valence-corrected chi connectivity index (χ4v) is 0.875. The molecule has 1 aromatic carbocycles. The molecule has 0 bridgehead atoms. The van der Waals surface area contributed by atoms with Gasteiger partial charge in [0.1, 0.15) is 5.75 Å². The van der Waals surface area contributed by atoms with Crippen molar-refractivity contribution in [3.05, 3.63) is 42.5 Å². The van der Waals surface area contributed by atoms with E-state index in [-0.39, 0.29) is 5.97 Å². The van der Waals surface area contributed by atoms with Gasteiger partial charge in [0, 0.05) is 5.57 Å². The summed E-state index contributed by atoms with van der Waals surface area (Å²) in [4.78, 5) is 32.1. The minimum atomic E-state index is -4.64. The van der Waals surface area contributed by atoms with E-state index in [0.717, 1.165) is 12.2 Å². The predicted molar refractivity (Wildman–Crippen MR) is 83.3 cm³/mol. The number of carbonyl (C=O) groups excluding carboxylic acids is 1. The first-order valence-corrected chi connectivity index (χ1v) is 7.88. The summed E-state index contributed by atoms with van der Waals surface area (Å²) in [7, 11) is -2.98. The first-order chi connectivity index (χ1) is 10.1. The molecule has 0 unspecified atom stereocenters. The smallest absolute Gasteiger partial charge is 0.466 e. The number of hydrogen-bond acceptors (Lipinski definition) is 4. The van der Waals surface area contributed by atoms with Crippen molar-refractivity contribution in [2.75, 3.05) is 13.7 Å². The molecule has 22 heavy (non-hydrogen) atoms. The lowest BCUT2D eigenvalue weighted by Crippen LogP contribution is -2.04. The number of benzene rings is 1. The van der Waals surface area contributed by atoms with Gasteiger partial charge in [-0.2, -0.15) is 0 Å². The summed E-state index contributed by atoms with van der Waals surface area (Å²) in [5.74, 6) is 0.615. The Morgan fingerprint density at radius 1 is 1.23 bits per heavy atom. The summed E-state index contributed by atoms with van der Waals surface area (Å²) in [5, 5.41) is 0. The number of ether oxygens (including phenoxy) is 2. The van der Waals surface area contributed by atoms with E-state index in [1.165, 1.54) is 0 Å². The van der Waals surface area contributed by atoms with Gasteiger partial charge in [-0.05, 0) is 25.5 Å². The Balaban J connectivity index is 0. The van der Waals surface area contributed by atoms with Crippen molar-refractivity contribution in [1.82, 2.24) is 0 Å². The molecule has 0 aliphatic rings. The van der Waals surface area contributed by atoms with E-state index >= 15 is 0 Å². The van der Waals surface area contributed by atoms with Gasteiger partial charge in [-0.25, -0.2) is 9.36 Å². The molecule has 8 heteroatoms. The van der Waals surface area contributed by atoms with Crippen molar-refractivity contribution in [1.29, 1.82) is 0 Å². The van der Waals surface area contributed by atoms with Gasteiger partial charge in [0.2, 0.25) is 0 Å². The Hall–Kier alpha value is -1.66. The minimum Gasteiger partial charge on any atom is -0.497 e. The van der Waals surface area contributed by atoms with Crippen molar-refractivity contribution < 1.29 is 33.5 Å². The average Bonchev–Trinajstić information content (AvgIpc) is 2.44. The van der Waals surface area contributed by atoms with Crippen LogP contribution >= 0.6 is 7.82 Å². The molecule has 0 aliphatic heterocycles. The monoisotopic (exact) mass is 334 g/mol. The Morgan fingerprint density at radius 3 is 1.95 bits per heavy atom. The molecular weight excluding hydrogens is 311 g/mol. The van der Waals surface area contributed by atoms with E-state index in [0.29, 0.717) is 12.2 Å². The van der Waals surface area contributed by atoms with Crippen molar-refractivity contribution in [2.45, 2.75) is 20.3 Å². The highest BCUT2D eigenvalue weighted by Crippen LogP contribution is 2.25. The number of methoxy groups -OCH3 is 1. The Kier molecular flexibility index (Phi) is 13.4. The number of phosphoric acid groups is 1. The molecule has 1 rings (SSSR count). The Bertz CT molecular complexity index is 459. The third-order valence-electron chi connectivity index (χ3n) is 1.76. The van der Waals surface area contributed by atoms with Crippen LogP contribution in [0.2, 0.25) is 0 Å². The van der Waals surface area contributed by atoms with E-state index in [9.17, 15) is 4.79 Å². The van der Waals surface area contributed by atoms with Gasteiger partial charge in [0.05, 0.1) is 13.7 Å². The van der Waals surface area contributed by atoms with Gasteiger partial charge >= 0.3 is 13.8 Å². The maximum atomic E-state index is 10.6. The molecule has 7 nitrogen and oxygen atoms in total. The van der Waals surface area contributed by atoms with Crippen molar-refractivity contribution >= 4 is 13.8 Å². The highest BCUT2D eigenvalue weighted by molar-refractivity contribution is 7.45. The molecule has 0 saturated carbocycles. The lowest BCUT2D eigenvalue weighted by Gasteiger charge is -1.99. The van der Waals surface area contributed by atoms with Gasteiger partial charge in [-0.1, -0.05) is 31.7 Å². The summed E-state index contributed by atoms with van der Waals surface area (Å²) >= 11 is 0. The van der Waals surface area contributed by atoms with Crippen LogP contribution in [-0.4, -0.2) is 34.4 Å². The molecule has 0 amide bonds. The Morgan fingerprint density at radius 2 is 1.68 bits per heavy atom.